The molecule has 152 valence electrons. The summed E-state index contributed by atoms with van der Waals surface area (Å²) in [6.45, 7) is 3.07. The smallest absolute Gasteiger partial charge is 0.180 e. The molecule has 2 aromatic rings. The zero-order valence-corrected chi connectivity index (χ0v) is 17.3. The van der Waals surface area contributed by atoms with Crippen molar-refractivity contribution >= 4 is 12.2 Å². The van der Waals surface area contributed by atoms with E-state index in [9.17, 15) is 5.21 Å². The molecule has 0 unspecified atom stereocenters. The maximum absolute atomic E-state index is 11.0. The molecular weight excluding hydrogens is 346 g/mol. The Labute approximate surface area is 170 Å². The Bertz CT molecular complexity index is 662. The lowest BCUT2D eigenvalue weighted by molar-refractivity contribution is -0.605. The Morgan fingerprint density at radius 1 is 0.714 bits per heavy atom. The predicted molar refractivity (Wildman–Crippen MR) is 118 cm³/mol. The van der Waals surface area contributed by atoms with E-state index in [1.807, 2.05) is 24.3 Å². The van der Waals surface area contributed by atoms with Gasteiger partial charge in [0.15, 0.2) is 12.4 Å². The molecule has 0 fully saturated rings. The topological polar surface area (TPSA) is 36.2 Å². The zero-order valence-electron chi connectivity index (χ0n) is 17.3. The van der Waals surface area contributed by atoms with Crippen LogP contribution in [0.1, 0.15) is 82.3 Å². The number of ether oxygens (including phenoxy) is 1. The Morgan fingerprint density at radius 3 is 1.79 bits per heavy atom. The van der Waals surface area contributed by atoms with Crippen molar-refractivity contribution < 1.29 is 9.47 Å². The van der Waals surface area contributed by atoms with E-state index in [0.717, 1.165) is 34.6 Å². The minimum Gasteiger partial charge on any atom is -0.619 e. The minimum absolute atomic E-state index is 0.790. The van der Waals surface area contributed by atoms with Gasteiger partial charge in [-0.2, -0.15) is 4.73 Å². The third-order valence-electron chi connectivity index (χ3n) is 4.94. The highest BCUT2D eigenvalue weighted by atomic mass is 16.5. The van der Waals surface area contributed by atoms with Gasteiger partial charge in [0.2, 0.25) is 0 Å². The van der Waals surface area contributed by atoms with E-state index in [1.54, 1.807) is 12.1 Å². The largest absolute Gasteiger partial charge is 0.619 e. The van der Waals surface area contributed by atoms with Crippen molar-refractivity contribution in [1.29, 1.82) is 0 Å². The van der Waals surface area contributed by atoms with Gasteiger partial charge in [-0.25, -0.2) is 0 Å². The maximum atomic E-state index is 11.0. The van der Waals surface area contributed by atoms with Gasteiger partial charge < -0.3 is 9.94 Å². The molecule has 1 aromatic carbocycles. The van der Waals surface area contributed by atoms with Crippen LogP contribution >= 0.6 is 0 Å². The molecule has 0 aliphatic rings. The summed E-state index contributed by atoms with van der Waals surface area (Å²) in [5, 5.41) is 11.0. The van der Waals surface area contributed by atoms with Gasteiger partial charge in [-0.15, -0.1) is 0 Å². The lowest BCUT2D eigenvalue weighted by Crippen LogP contribution is -2.23. The van der Waals surface area contributed by atoms with Crippen molar-refractivity contribution in [3.63, 3.8) is 0 Å². The van der Waals surface area contributed by atoms with Crippen LogP contribution < -0.4 is 9.47 Å². The van der Waals surface area contributed by atoms with Gasteiger partial charge in [-0.05, 0) is 29.7 Å². The zero-order chi connectivity index (χ0) is 19.9. The van der Waals surface area contributed by atoms with Crippen LogP contribution in [0.25, 0.3) is 12.2 Å². The molecule has 0 atom stereocenters. The normalized spacial score (nSPS) is 11.2. The first-order chi connectivity index (χ1) is 13.8. The minimum atomic E-state index is 0.790. The van der Waals surface area contributed by atoms with E-state index >= 15 is 0 Å². The lowest BCUT2D eigenvalue weighted by atomic mass is 10.1. The van der Waals surface area contributed by atoms with Crippen LogP contribution in [0.4, 0.5) is 0 Å². The van der Waals surface area contributed by atoms with E-state index < -0.39 is 0 Å². The van der Waals surface area contributed by atoms with Crippen LogP contribution in [0.15, 0.2) is 48.8 Å². The Kier molecular flexibility index (Phi) is 10.9. The molecule has 0 saturated heterocycles. The van der Waals surface area contributed by atoms with E-state index in [2.05, 4.69) is 19.1 Å². The predicted octanol–water partition coefficient (Wildman–Crippen LogP) is 6.79. The molecule has 0 spiro atoms. The van der Waals surface area contributed by atoms with Gasteiger partial charge >= 0.3 is 0 Å². The lowest BCUT2D eigenvalue weighted by Gasteiger charge is -2.06. The second-order valence-electron chi connectivity index (χ2n) is 7.42. The third-order valence-corrected chi connectivity index (χ3v) is 4.94. The molecule has 28 heavy (non-hydrogen) atoms. The van der Waals surface area contributed by atoms with Crippen molar-refractivity contribution in [2.24, 2.45) is 0 Å². The molecule has 3 heteroatoms. The van der Waals surface area contributed by atoms with Crippen LogP contribution in [0.3, 0.4) is 0 Å². The summed E-state index contributed by atoms with van der Waals surface area (Å²) in [5.41, 5.74) is 2.12. The molecule has 0 saturated carbocycles. The summed E-state index contributed by atoms with van der Waals surface area (Å²) in [6.07, 6.45) is 20.5. The molecule has 0 amide bonds. The van der Waals surface area contributed by atoms with Gasteiger partial charge in [-0.3, -0.25) is 0 Å². The third kappa shape index (κ3) is 9.59. The molecule has 0 aliphatic carbocycles. The number of aromatic nitrogens is 1. The van der Waals surface area contributed by atoms with Crippen molar-refractivity contribution in [2.45, 2.75) is 71.1 Å². The van der Waals surface area contributed by atoms with Crippen LogP contribution in [0, 0.1) is 5.21 Å². The second kappa shape index (κ2) is 13.8. The standard InChI is InChI=1S/C25H35NO2/c1-2-3-4-5-6-7-8-9-10-11-22-28-25-16-14-23(15-17-25)12-13-24-18-20-26(27)21-19-24/h12-21H,2-11,22H2,1H3. The van der Waals surface area contributed by atoms with Gasteiger partial charge in [-0.1, -0.05) is 89.0 Å². The van der Waals surface area contributed by atoms with Crippen molar-refractivity contribution in [1.82, 2.24) is 0 Å². The van der Waals surface area contributed by atoms with Crippen LogP contribution in [-0.4, -0.2) is 6.61 Å². The van der Waals surface area contributed by atoms with E-state index in [4.69, 9.17) is 4.74 Å². The van der Waals surface area contributed by atoms with Gasteiger partial charge in [0, 0.05) is 12.1 Å². The number of pyridine rings is 1. The summed E-state index contributed by atoms with van der Waals surface area (Å²) in [5.74, 6) is 0.931. The number of rotatable bonds is 14. The van der Waals surface area contributed by atoms with Crippen LogP contribution in [-0.2, 0) is 0 Å². The fraction of sp³-hybridized carbons (Fsp3) is 0.480. The van der Waals surface area contributed by atoms with E-state index in [0.29, 0.717) is 0 Å². The highest BCUT2D eigenvalue weighted by Gasteiger charge is 1.96. The Hall–Kier alpha value is -2.29. The van der Waals surface area contributed by atoms with Crippen molar-refractivity contribution in [3.05, 3.63) is 65.1 Å². The van der Waals surface area contributed by atoms with Crippen molar-refractivity contribution in [2.75, 3.05) is 6.61 Å². The molecule has 0 radical (unpaired) electrons. The number of hydrogen-bond donors (Lipinski definition) is 0. The van der Waals surface area contributed by atoms with Crippen molar-refractivity contribution in [3.8, 4) is 5.75 Å². The highest BCUT2D eigenvalue weighted by molar-refractivity contribution is 5.69. The van der Waals surface area contributed by atoms with E-state index in [1.165, 1.54) is 70.2 Å². The average Bonchev–Trinajstić information content (AvgIpc) is 2.72. The molecule has 0 N–H and O–H groups in total. The number of unbranched alkanes of at least 4 members (excludes halogenated alkanes) is 9. The number of benzene rings is 1. The first kappa shape index (κ1) is 22.0. The van der Waals surface area contributed by atoms with Gasteiger partial charge in [0.1, 0.15) is 5.75 Å². The Morgan fingerprint density at radius 2 is 1.21 bits per heavy atom. The summed E-state index contributed by atoms with van der Waals surface area (Å²) in [6, 6.07) is 11.8. The molecular formula is C25H35NO2. The highest BCUT2D eigenvalue weighted by Crippen LogP contribution is 2.15. The molecule has 3 nitrogen and oxygen atoms in total. The fourth-order valence-electron chi connectivity index (χ4n) is 3.18. The molecule has 0 aliphatic heterocycles. The summed E-state index contributed by atoms with van der Waals surface area (Å²) in [7, 11) is 0. The van der Waals surface area contributed by atoms with Crippen LogP contribution in [0.5, 0.6) is 5.75 Å². The summed E-state index contributed by atoms with van der Waals surface area (Å²) >= 11 is 0. The number of nitrogens with zero attached hydrogens (tertiary/aromatic N) is 1. The SMILES string of the molecule is CCCCCCCCCCCCOc1ccc(C=Cc2cc[n+]([O-])cc2)cc1. The average molecular weight is 382 g/mol. The monoisotopic (exact) mass is 381 g/mol. The van der Waals surface area contributed by atoms with Gasteiger partial charge in [0.25, 0.3) is 0 Å². The van der Waals surface area contributed by atoms with Gasteiger partial charge in [0.05, 0.1) is 6.61 Å². The molecule has 1 aromatic heterocycles. The first-order valence-corrected chi connectivity index (χ1v) is 10.9. The van der Waals surface area contributed by atoms with Crippen LogP contribution in [0.2, 0.25) is 0 Å². The summed E-state index contributed by atoms with van der Waals surface area (Å²) < 4.78 is 6.64. The second-order valence-corrected chi connectivity index (χ2v) is 7.42. The Balaban J connectivity index is 1.54. The molecule has 2 rings (SSSR count). The molecule has 1 heterocycles. The maximum Gasteiger partial charge on any atom is 0.180 e. The number of hydrogen-bond acceptors (Lipinski definition) is 2. The van der Waals surface area contributed by atoms with E-state index in [-0.39, 0.29) is 0 Å². The first-order valence-electron chi connectivity index (χ1n) is 10.9. The molecule has 0 bridgehead atoms. The fourth-order valence-corrected chi connectivity index (χ4v) is 3.18. The summed E-state index contributed by atoms with van der Waals surface area (Å²) in [4.78, 5) is 0. The quantitative estimate of drug-likeness (QED) is 0.205.